The molecule has 1 saturated carbocycles. The third kappa shape index (κ3) is 4.20. The summed E-state index contributed by atoms with van der Waals surface area (Å²) in [6, 6.07) is 8.93. The van der Waals surface area contributed by atoms with Crippen LogP contribution in [0, 0.1) is 5.92 Å². The Bertz CT molecular complexity index is 445. The summed E-state index contributed by atoms with van der Waals surface area (Å²) >= 11 is 0. The first-order chi connectivity index (χ1) is 9.69. The lowest BCUT2D eigenvalue weighted by atomic mass is 9.86. The monoisotopic (exact) mass is 273 g/mol. The van der Waals surface area contributed by atoms with E-state index in [2.05, 4.69) is 36.2 Å². The third-order valence-electron chi connectivity index (χ3n) is 4.14. The maximum Gasteiger partial charge on any atom is 0.306 e. The number of carboxylic acids is 1. The highest BCUT2D eigenvalue weighted by atomic mass is 16.4. The van der Waals surface area contributed by atoms with E-state index < -0.39 is 5.97 Å². The van der Waals surface area contributed by atoms with Gasteiger partial charge in [0.1, 0.15) is 0 Å². The van der Waals surface area contributed by atoms with Crippen molar-refractivity contribution in [2.24, 2.45) is 5.92 Å². The zero-order valence-corrected chi connectivity index (χ0v) is 11.8. The number of carboxylic acid groups (broad SMARTS) is 1. The Hall–Kier alpha value is -1.61. The average molecular weight is 273 g/mol. The van der Waals surface area contributed by atoms with Crippen LogP contribution in [0.1, 0.15) is 36.8 Å². The van der Waals surface area contributed by atoms with E-state index in [0.717, 1.165) is 44.2 Å². The molecule has 2 N–H and O–H groups in total. The van der Waals surface area contributed by atoms with Gasteiger partial charge in [-0.25, -0.2) is 0 Å². The van der Waals surface area contributed by atoms with Gasteiger partial charge in [-0.3, -0.25) is 4.79 Å². The SMILES string of the molecule is C=Cc1ccc(CCNC2CCC(C(=O)O)CC2)cc1. The van der Waals surface area contributed by atoms with Crippen LogP contribution in [0.2, 0.25) is 0 Å². The van der Waals surface area contributed by atoms with Crippen LogP contribution < -0.4 is 5.32 Å². The molecule has 20 heavy (non-hydrogen) atoms. The molecule has 0 amide bonds. The normalized spacial score (nSPS) is 22.4. The maximum atomic E-state index is 10.9. The molecule has 1 aliphatic rings. The molecule has 0 heterocycles. The number of hydrogen-bond donors (Lipinski definition) is 2. The second kappa shape index (κ2) is 7.25. The molecule has 0 aliphatic heterocycles. The van der Waals surface area contributed by atoms with E-state index in [1.54, 1.807) is 0 Å². The number of benzene rings is 1. The Morgan fingerprint density at radius 2 is 1.90 bits per heavy atom. The number of nitrogens with one attached hydrogen (secondary N) is 1. The van der Waals surface area contributed by atoms with Gasteiger partial charge in [0.05, 0.1) is 5.92 Å². The summed E-state index contributed by atoms with van der Waals surface area (Å²) in [5.74, 6) is -0.759. The van der Waals surface area contributed by atoms with E-state index in [4.69, 9.17) is 5.11 Å². The van der Waals surface area contributed by atoms with Crippen LogP contribution in [0.5, 0.6) is 0 Å². The summed E-state index contributed by atoms with van der Waals surface area (Å²) < 4.78 is 0. The summed E-state index contributed by atoms with van der Waals surface area (Å²) in [5.41, 5.74) is 2.47. The van der Waals surface area contributed by atoms with Gasteiger partial charge in [-0.05, 0) is 49.8 Å². The lowest BCUT2D eigenvalue weighted by molar-refractivity contribution is -0.142. The molecule has 0 saturated heterocycles. The molecule has 3 heteroatoms. The van der Waals surface area contributed by atoms with Crippen molar-refractivity contribution in [3.63, 3.8) is 0 Å². The van der Waals surface area contributed by atoms with Crippen LogP contribution in [-0.4, -0.2) is 23.7 Å². The van der Waals surface area contributed by atoms with Gasteiger partial charge in [0.15, 0.2) is 0 Å². The Morgan fingerprint density at radius 3 is 2.45 bits per heavy atom. The molecule has 1 fully saturated rings. The molecule has 2 rings (SSSR count). The summed E-state index contributed by atoms with van der Waals surface area (Å²) in [6.45, 7) is 4.70. The van der Waals surface area contributed by atoms with Gasteiger partial charge < -0.3 is 10.4 Å². The van der Waals surface area contributed by atoms with Gasteiger partial charge in [0.2, 0.25) is 0 Å². The van der Waals surface area contributed by atoms with Crippen LogP contribution in [-0.2, 0) is 11.2 Å². The van der Waals surface area contributed by atoms with Crippen molar-refractivity contribution >= 4 is 12.0 Å². The predicted octanol–water partition coefficient (Wildman–Crippen LogP) is 3.11. The zero-order chi connectivity index (χ0) is 14.4. The van der Waals surface area contributed by atoms with Crippen LogP contribution in [0.4, 0.5) is 0 Å². The van der Waals surface area contributed by atoms with Crippen molar-refractivity contribution in [1.29, 1.82) is 0 Å². The van der Waals surface area contributed by atoms with Crippen molar-refractivity contribution in [1.82, 2.24) is 5.32 Å². The first-order valence-corrected chi connectivity index (χ1v) is 7.36. The highest BCUT2D eigenvalue weighted by Crippen LogP contribution is 2.24. The lowest BCUT2D eigenvalue weighted by Gasteiger charge is -2.27. The van der Waals surface area contributed by atoms with Gasteiger partial charge in [0.25, 0.3) is 0 Å². The fraction of sp³-hybridized carbons (Fsp3) is 0.471. The van der Waals surface area contributed by atoms with Crippen molar-refractivity contribution < 1.29 is 9.90 Å². The molecule has 108 valence electrons. The highest BCUT2D eigenvalue weighted by Gasteiger charge is 2.25. The molecule has 3 nitrogen and oxygen atoms in total. The van der Waals surface area contributed by atoms with Crippen molar-refractivity contribution in [2.75, 3.05) is 6.54 Å². The number of hydrogen-bond acceptors (Lipinski definition) is 2. The Labute approximate surface area is 120 Å². The van der Waals surface area contributed by atoms with E-state index in [0.29, 0.717) is 6.04 Å². The minimum absolute atomic E-state index is 0.125. The fourth-order valence-corrected chi connectivity index (χ4v) is 2.79. The average Bonchev–Trinajstić information content (AvgIpc) is 2.48. The molecular weight excluding hydrogens is 250 g/mol. The summed E-state index contributed by atoms with van der Waals surface area (Å²) in [5, 5.41) is 12.5. The first kappa shape index (κ1) is 14.8. The predicted molar refractivity (Wildman–Crippen MR) is 81.6 cm³/mol. The number of aliphatic carboxylic acids is 1. The van der Waals surface area contributed by atoms with Crippen molar-refractivity contribution in [3.8, 4) is 0 Å². The summed E-state index contributed by atoms with van der Waals surface area (Å²) in [7, 11) is 0. The van der Waals surface area contributed by atoms with Crippen LogP contribution >= 0.6 is 0 Å². The molecular formula is C17H23NO2. The fourth-order valence-electron chi connectivity index (χ4n) is 2.79. The molecule has 0 bridgehead atoms. The van der Waals surface area contributed by atoms with E-state index in [9.17, 15) is 4.79 Å². The first-order valence-electron chi connectivity index (χ1n) is 7.36. The van der Waals surface area contributed by atoms with Crippen LogP contribution in [0.25, 0.3) is 6.08 Å². The standard InChI is InChI=1S/C17H23NO2/c1-2-13-3-5-14(6-4-13)11-12-18-16-9-7-15(8-10-16)17(19)20/h2-6,15-16,18H,1,7-12H2,(H,19,20). The molecule has 0 unspecified atom stereocenters. The minimum Gasteiger partial charge on any atom is -0.481 e. The van der Waals surface area contributed by atoms with Gasteiger partial charge in [-0.15, -0.1) is 0 Å². The van der Waals surface area contributed by atoms with Gasteiger partial charge in [-0.1, -0.05) is 36.9 Å². The van der Waals surface area contributed by atoms with Crippen LogP contribution in [0.3, 0.4) is 0 Å². The molecule has 1 aliphatic carbocycles. The van der Waals surface area contributed by atoms with E-state index in [-0.39, 0.29) is 5.92 Å². The minimum atomic E-state index is -0.634. The number of rotatable bonds is 6. The van der Waals surface area contributed by atoms with Crippen molar-refractivity contribution in [3.05, 3.63) is 42.0 Å². The Kier molecular flexibility index (Phi) is 5.36. The molecule has 0 spiro atoms. The topological polar surface area (TPSA) is 49.3 Å². The van der Waals surface area contributed by atoms with Gasteiger partial charge in [-0.2, -0.15) is 0 Å². The molecule has 1 aromatic carbocycles. The van der Waals surface area contributed by atoms with Crippen LogP contribution in [0.15, 0.2) is 30.8 Å². The largest absolute Gasteiger partial charge is 0.481 e. The second-order valence-electron chi connectivity index (χ2n) is 5.54. The highest BCUT2D eigenvalue weighted by molar-refractivity contribution is 5.70. The zero-order valence-electron chi connectivity index (χ0n) is 11.8. The van der Waals surface area contributed by atoms with Crippen molar-refractivity contribution in [2.45, 2.75) is 38.1 Å². The molecule has 1 aromatic rings. The van der Waals surface area contributed by atoms with E-state index in [1.165, 1.54) is 5.56 Å². The summed E-state index contributed by atoms with van der Waals surface area (Å²) in [6.07, 6.45) is 6.43. The van der Waals surface area contributed by atoms with Gasteiger partial charge in [0, 0.05) is 6.04 Å². The second-order valence-corrected chi connectivity index (χ2v) is 5.54. The quantitative estimate of drug-likeness (QED) is 0.837. The molecule has 0 radical (unpaired) electrons. The lowest BCUT2D eigenvalue weighted by Crippen LogP contribution is -2.36. The third-order valence-corrected chi connectivity index (χ3v) is 4.14. The van der Waals surface area contributed by atoms with E-state index in [1.807, 2.05) is 6.08 Å². The van der Waals surface area contributed by atoms with Gasteiger partial charge >= 0.3 is 5.97 Å². The molecule has 0 atom stereocenters. The number of carbonyl (C=O) groups is 1. The molecule has 0 aromatic heterocycles. The Morgan fingerprint density at radius 1 is 1.25 bits per heavy atom. The smallest absolute Gasteiger partial charge is 0.306 e. The summed E-state index contributed by atoms with van der Waals surface area (Å²) in [4.78, 5) is 10.9. The maximum absolute atomic E-state index is 10.9. The van der Waals surface area contributed by atoms with E-state index >= 15 is 0 Å². The Balaban J connectivity index is 1.68.